The van der Waals surface area contributed by atoms with Crippen LogP contribution in [0.25, 0.3) is 10.9 Å². The molecule has 0 radical (unpaired) electrons. The quantitative estimate of drug-likeness (QED) is 0.897. The molecule has 0 spiro atoms. The summed E-state index contributed by atoms with van der Waals surface area (Å²) in [5, 5.41) is 1.16. The summed E-state index contributed by atoms with van der Waals surface area (Å²) in [6, 6.07) is 6.46. The van der Waals surface area contributed by atoms with Crippen LogP contribution in [-0.2, 0) is 0 Å². The fourth-order valence-corrected chi connectivity index (χ4v) is 2.71. The van der Waals surface area contributed by atoms with E-state index >= 15 is 0 Å². The molecule has 1 N–H and O–H groups in total. The summed E-state index contributed by atoms with van der Waals surface area (Å²) in [5.41, 5.74) is 4.33. The maximum atomic E-state index is 12.5. The van der Waals surface area contributed by atoms with Gasteiger partial charge in [-0.15, -0.1) is 0 Å². The summed E-state index contributed by atoms with van der Waals surface area (Å²) in [5.74, 6) is 0.171. The third-order valence-corrected chi connectivity index (χ3v) is 4.14. The molecule has 0 atom stereocenters. The van der Waals surface area contributed by atoms with Crippen molar-refractivity contribution in [3.8, 4) is 0 Å². The number of fused-ring (bicyclic) bond motifs is 1. The van der Waals surface area contributed by atoms with Crippen LogP contribution < -0.4 is 0 Å². The number of nitrogens with zero attached hydrogens (tertiary/aromatic N) is 1. The fourth-order valence-electron chi connectivity index (χ4n) is 2.71. The number of aromatic nitrogens is 1. The van der Waals surface area contributed by atoms with E-state index in [1.54, 1.807) is 0 Å². The van der Waals surface area contributed by atoms with Crippen LogP contribution in [0, 0.1) is 13.8 Å². The van der Waals surface area contributed by atoms with Gasteiger partial charge >= 0.3 is 0 Å². The largest absolute Gasteiger partial charge is 0.358 e. The molecule has 1 fully saturated rings. The van der Waals surface area contributed by atoms with Crippen molar-refractivity contribution in [2.75, 3.05) is 6.54 Å². The first-order valence-electron chi connectivity index (χ1n) is 7.01. The molecule has 100 valence electrons. The first-order chi connectivity index (χ1) is 9.11. The molecule has 0 unspecified atom stereocenters. The summed E-state index contributed by atoms with van der Waals surface area (Å²) in [4.78, 5) is 17.9. The highest BCUT2D eigenvalue weighted by Gasteiger charge is 2.31. The molecule has 3 nitrogen and oxygen atoms in total. The summed E-state index contributed by atoms with van der Waals surface area (Å²) in [7, 11) is 0. The molecule has 1 aromatic heterocycles. The topological polar surface area (TPSA) is 36.1 Å². The summed E-state index contributed by atoms with van der Waals surface area (Å²) in [6.45, 7) is 7.02. The van der Waals surface area contributed by atoms with E-state index in [2.05, 4.69) is 25.8 Å². The first-order valence-corrected chi connectivity index (χ1v) is 7.01. The number of H-pyrrole nitrogens is 1. The van der Waals surface area contributed by atoms with Gasteiger partial charge in [0.2, 0.25) is 0 Å². The van der Waals surface area contributed by atoms with Crippen molar-refractivity contribution in [1.29, 1.82) is 0 Å². The molecule has 1 aromatic carbocycles. The number of amides is 1. The summed E-state index contributed by atoms with van der Waals surface area (Å²) < 4.78 is 0. The Morgan fingerprint density at radius 1 is 1.37 bits per heavy atom. The smallest absolute Gasteiger partial charge is 0.254 e. The lowest BCUT2D eigenvalue weighted by Crippen LogP contribution is -2.32. The number of aryl methyl sites for hydroxylation is 2. The first kappa shape index (κ1) is 12.3. The molecule has 19 heavy (non-hydrogen) atoms. The Morgan fingerprint density at radius 3 is 2.74 bits per heavy atom. The van der Waals surface area contributed by atoms with Gasteiger partial charge in [0.15, 0.2) is 0 Å². The highest BCUT2D eigenvalue weighted by atomic mass is 16.2. The second kappa shape index (κ2) is 4.41. The Morgan fingerprint density at radius 2 is 2.11 bits per heavy atom. The van der Waals surface area contributed by atoms with Gasteiger partial charge < -0.3 is 9.88 Å². The predicted octanol–water partition coefficient (Wildman–Crippen LogP) is 3.41. The highest BCUT2D eigenvalue weighted by Crippen LogP contribution is 2.29. The number of carbonyl (C=O) groups excluding carboxylic acids is 1. The molecule has 1 amide bonds. The van der Waals surface area contributed by atoms with Gasteiger partial charge in [-0.1, -0.05) is 0 Å². The predicted molar refractivity (Wildman–Crippen MR) is 77.5 cm³/mol. The average molecular weight is 256 g/mol. The molecule has 1 saturated carbocycles. The number of hydrogen-bond acceptors (Lipinski definition) is 1. The van der Waals surface area contributed by atoms with E-state index in [1.807, 2.05) is 23.1 Å². The van der Waals surface area contributed by atoms with Gasteiger partial charge in [0.1, 0.15) is 0 Å². The van der Waals surface area contributed by atoms with E-state index in [9.17, 15) is 4.79 Å². The molecule has 3 rings (SSSR count). The monoisotopic (exact) mass is 256 g/mol. The van der Waals surface area contributed by atoms with Crippen molar-refractivity contribution in [3.63, 3.8) is 0 Å². The van der Waals surface area contributed by atoms with Gasteiger partial charge in [-0.25, -0.2) is 0 Å². The van der Waals surface area contributed by atoms with Crippen molar-refractivity contribution in [3.05, 3.63) is 35.0 Å². The van der Waals surface area contributed by atoms with Crippen molar-refractivity contribution in [2.24, 2.45) is 0 Å². The van der Waals surface area contributed by atoms with Gasteiger partial charge in [-0.3, -0.25) is 4.79 Å². The zero-order valence-corrected chi connectivity index (χ0v) is 11.8. The SMILES string of the molecule is CCN(C(=O)c1ccc2[nH]c(C)c(C)c2c1)C1CC1. The van der Waals surface area contributed by atoms with Crippen LogP contribution in [0.2, 0.25) is 0 Å². The number of rotatable bonds is 3. The normalized spacial score (nSPS) is 14.9. The lowest BCUT2D eigenvalue weighted by Gasteiger charge is -2.20. The van der Waals surface area contributed by atoms with Crippen LogP contribution in [0.4, 0.5) is 0 Å². The number of carbonyl (C=O) groups is 1. The number of hydrogen-bond donors (Lipinski definition) is 1. The van der Waals surface area contributed by atoms with Gasteiger partial charge in [0.05, 0.1) is 0 Å². The third-order valence-electron chi connectivity index (χ3n) is 4.14. The number of aromatic amines is 1. The fraction of sp³-hybridized carbons (Fsp3) is 0.438. The zero-order chi connectivity index (χ0) is 13.6. The Kier molecular flexibility index (Phi) is 2.85. The molecule has 1 aliphatic carbocycles. The van der Waals surface area contributed by atoms with E-state index in [0.717, 1.165) is 35.9 Å². The standard InChI is InChI=1S/C16H20N2O/c1-4-18(13-6-7-13)16(19)12-5-8-15-14(9-12)10(2)11(3)17-15/h5,8-9,13,17H,4,6-7H2,1-3H3. The maximum absolute atomic E-state index is 12.5. The van der Waals surface area contributed by atoms with Crippen LogP contribution >= 0.6 is 0 Å². The molecular weight excluding hydrogens is 236 g/mol. The lowest BCUT2D eigenvalue weighted by atomic mass is 10.1. The minimum absolute atomic E-state index is 0.171. The van der Waals surface area contributed by atoms with Crippen LogP contribution in [-0.4, -0.2) is 28.4 Å². The zero-order valence-electron chi connectivity index (χ0n) is 11.8. The lowest BCUT2D eigenvalue weighted by molar-refractivity contribution is 0.0752. The molecule has 0 aliphatic heterocycles. The van der Waals surface area contributed by atoms with Crippen molar-refractivity contribution < 1.29 is 4.79 Å². The molecule has 0 bridgehead atoms. The molecule has 1 heterocycles. The summed E-state index contributed by atoms with van der Waals surface area (Å²) >= 11 is 0. The van der Waals surface area contributed by atoms with E-state index in [1.165, 1.54) is 11.3 Å². The molecular formula is C16H20N2O. The minimum atomic E-state index is 0.171. The van der Waals surface area contributed by atoms with Gasteiger partial charge in [0.25, 0.3) is 5.91 Å². The highest BCUT2D eigenvalue weighted by molar-refractivity contribution is 5.99. The molecule has 0 saturated heterocycles. The Labute approximate surface area is 113 Å². The van der Waals surface area contributed by atoms with E-state index < -0.39 is 0 Å². The Hall–Kier alpha value is -1.77. The van der Waals surface area contributed by atoms with Crippen molar-refractivity contribution >= 4 is 16.8 Å². The molecule has 3 heteroatoms. The van der Waals surface area contributed by atoms with Crippen molar-refractivity contribution in [2.45, 2.75) is 39.7 Å². The average Bonchev–Trinajstić information content (AvgIpc) is 3.19. The van der Waals surface area contributed by atoms with E-state index in [4.69, 9.17) is 0 Å². The van der Waals surface area contributed by atoms with Crippen LogP contribution in [0.15, 0.2) is 18.2 Å². The summed E-state index contributed by atoms with van der Waals surface area (Å²) in [6.07, 6.45) is 2.31. The number of benzene rings is 1. The molecule has 1 aliphatic rings. The van der Waals surface area contributed by atoms with Crippen LogP contribution in [0.1, 0.15) is 41.4 Å². The molecule has 2 aromatic rings. The van der Waals surface area contributed by atoms with Crippen LogP contribution in [0.5, 0.6) is 0 Å². The minimum Gasteiger partial charge on any atom is -0.358 e. The maximum Gasteiger partial charge on any atom is 0.254 e. The van der Waals surface area contributed by atoms with Crippen molar-refractivity contribution in [1.82, 2.24) is 9.88 Å². The van der Waals surface area contributed by atoms with Gasteiger partial charge in [-0.05, 0) is 57.4 Å². The third kappa shape index (κ3) is 2.03. The Bertz CT molecular complexity index is 637. The van der Waals surface area contributed by atoms with E-state index in [-0.39, 0.29) is 5.91 Å². The Balaban J connectivity index is 2.00. The van der Waals surface area contributed by atoms with Crippen LogP contribution in [0.3, 0.4) is 0 Å². The second-order valence-corrected chi connectivity index (χ2v) is 5.46. The number of nitrogens with one attached hydrogen (secondary N) is 1. The second-order valence-electron chi connectivity index (χ2n) is 5.46. The van der Waals surface area contributed by atoms with Gasteiger partial charge in [-0.2, -0.15) is 0 Å². The van der Waals surface area contributed by atoms with E-state index in [0.29, 0.717) is 6.04 Å². The van der Waals surface area contributed by atoms with Gasteiger partial charge in [0, 0.05) is 34.7 Å².